The molecule has 0 aliphatic carbocycles. The van der Waals surface area contributed by atoms with E-state index in [0.29, 0.717) is 13.1 Å². The number of hydrogen-bond acceptors (Lipinski definition) is 3. The fourth-order valence-corrected chi connectivity index (χ4v) is 3.87. The van der Waals surface area contributed by atoms with Gasteiger partial charge in [0.15, 0.2) is 0 Å². The molecule has 7 heteroatoms. The molecule has 1 saturated heterocycles. The molecule has 0 radical (unpaired) electrons. The highest BCUT2D eigenvalue weighted by Crippen LogP contribution is 2.28. The smallest absolute Gasteiger partial charge is 0.225 e. The van der Waals surface area contributed by atoms with Gasteiger partial charge in [0.05, 0.1) is 12.1 Å². The molecule has 0 unspecified atom stereocenters. The summed E-state index contributed by atoms with van der Waals surface area (Å²) < 4.78 is 1.79. The van der Waals surface area contributed by atoms with Gasteiger partial charge >= 0.3 is 0 Å². The van der Waals surface area contributed by atoms with E-state index in [2.05, 4.69) is 35.6 Å². The Bertz CT molecular complexity index is 775. The SMILES string of the molecule is Cl.Cn1cc([C@H]2CNC[C@@H]2C(=O)NCC(C)(C)Cc2cccc(Cl)c2)cn1. The van der Waals surface area contributed by atoms with Crippen molar-refractivity contribution in [2.45, 2.75) is 26.2 Å². The van der Waals surface area contributed by atoms with Crippen LogP contribution in [0, 0.1) is 11.3 Å². The maximum absolute atomic E-state index is 12.8. The van der Waals surface area contributed by atoms with Crippen LogP contribution in [0.5, 0.6) is 0 Å². The quantitative estimate of drug-likeness (QED) is 0.768. The number of aryl methyl sites for hydroxylation is 1. The van der Waals surface area contributed by atoms with Gasteiger partial charge in [0.2, 0.25) is 5.91 Å². The van der Waals surface area contributed by atoms with Crippen LogP contribution < -0.4 is 10.6 Å². The zero-order chi connectivity index (χ0) is 18.7. The molecular weight excluding hydrogens is 383 g/mol. The van der Waals surface area contributed by atoms with Crippen molar-refractivity contribution in [1.82, 2.24) is 20.4 Å². The fraction of sp³-hybridized carbons (Fsp3) is 0.500. The summed E-state index contributed by atoms with van der Waals surface area (Å²) in [5.41, 5.74) is 2.26. The van der Waals surface area contributed by atoms with E-state index in [1.165, 1.54) is 5.56 Å². The van der Waals surface area contributed by atoms with Gasteiger partial charge in [-0.05, 0) is 35.1 Å². The molecule has 2 heterocycles. The Balaban J connectivity index is 0.00000261. The van der Waals surface area contributed by atoms with E-state index in [4.69, 9.17) is 11.6 Å². The minimum atomic E-state index is -0.0545. The van der Waals surface area contributed by atoms with E-state index in [1.54, 1.807) is 4.68 Å². The van der Waals surface area contributed by atoms with Crippen molar-refractivity contribution in [3.8, 4) is 0 Å². The molecule has 1 amide bonds. The number of rotatable bonds is 6. The van der Waals surface area contributed by atoms with Crippen LogP contribution in [0.3, 0.4) is 0 Å². The summed E-state index contributed by atoms with van der Waals surface area (Å²) in [5.74, 6) is 0.240. The van der Waals surface area contributed by atoms with Crippen LogP contribution in [0.15, 0.2) is 36.7 Å². The van der Waals surface area contributed by atoms with E-state index >= 15 is 0 Å². The summed E-state index contributed by atoms with van der Waals surface area (Å²) in [6.45, 7) is 6.49. The van der Waals surface area contributed by atoms with E-state index in [-0.39, 0.29) is 35.6 Å². The van der Waals surface area contributed by atoms with Gasteiger partial charge in [-0.25, -0.2) is 0 Å². The molecule has 0 saturated carbocycles. The van der Waals surface area contributed by atoms with Crippen molar-refractivity contribution in [2.24, 2.45) is 18.4 Å². The average Bonchev–Trinajstić information content (AvgIpc) is 3.21. The molecule has 0 spiro atoms. The standard InChI is InChI=1S/C20H27ClN4O.ClH/c1-20(2,8-14-5-4-6-16(21)7-14)13-23-19(26)18-11-22-10-17(18)15-9-24-25(3)12-15;/h4-7,9,12,17-18,22H,8,10-11,13H2,1-3H3,(H,23,26);1H/t17-,18+;/m1./s1. The lowest BCUT2D eigenvalue weighted by molar-refractivity contribution is -0.125. The molecule has 27 heavy (non-hydrogen) atoms. The van der Waals surface area contributed by atoms with Crippen LogP contribution >= 0.6 is 24.0 Å². The second-order valence-corrected chi connectivity index (χ2v) is 8.44. The van der Waals surface area contributed by atoms with Crippen molar-refractivity contribution < 1.29 is 4.79 Å². The van der Waals surface area contributed by atoms with Crippen LogP contribution in [0.2, 0.25) is 5.02 Å². The number of benzene rings is 1. The highest BCUT2D eigenvalue weighted by molar-refractivity contribution is 6.30. The second-order valence-electron chi connectivity index (χ2n) is 8.01. The summed E-state index contributed by atoms with van der Waals surface area (Å²) in [7, 11) is 1.90. The summed E-state index contributed by atoms with van der Waals surface area (Å²) in [5, 5.41) is 11.5. The first-order valence-corrected chi connectivity index (χ1v) is 9.43. The highest BCUT2D eigenvalue weighted by atomic mass is 35.5. The van der Waals surface area contributed by atoms with Crippen LogP contribution in [-0.2, 0) is 18.3 Å². The molecule has 2 atom stereocenters. The lowest BCUT2D eigenvalue weighted by atomic mass is 9.85. The van der Waals surface area contributed by atoms with Crippen molar-refractivity contribution >= 4 is 29.9 Å². The molecule has 1 aromatic heterocycles. The van der Waals surface area contributed by atoms with Crippen LogP contribution in [-0.4, -0.2) is 35.3 Å². The number of aromatic nitrogens is 2. The Morgan fingerprint density at radius 3 is 2.85 bits per heavy atom. The number of nitrogens with zero attached hydrogens (tertiary/aromatic N) is 2. The average molecular weight is 411 g/mol. The third-order valence-corrected chi connectivity index (χ3v) is 5.25. The van der Waals surface area contributed by atoms with Crippen molar-refractivity contribution in [3.63, 3.8) is 0 Å². The fourth-order valence-electron chi connectivity index (χ4n) is 3.66. The lowest BCUT2D eigenvalue weighted by Crippen LogP contribution is -2.40. The summed E-state index contributed by atoms with van der Waals surface area (Å²) in [6.07, 6.45) is 4.73. The first-order chi connectivity index (χ1) is 12.3. The zero-order valence-corrected chi connectivity index (χ0v) is 17.6. The molecule has 148 valence electrons. The Morgan fingerprint density at radius 1 is 1.41 bits per heavy atom. The Morgan fingerprint density at radius 2 is 2.19 bits per heavy atom. The normalized spacial score (nSPS) is 19.6. The largest absolute Gasteiger partial charge is 0.355 e. The second kappa shape index (κ2) is 9.09. The van der Waals surface area contributed by atoms with Gasteiger partial charge in [-0.15, -0.1) is 12.4 Å². The summed E-state index contributed by atoms with van der Waals surface area (Å²) >= 11 is 6.08. The predicted octanol–water partition coefficient (Wildman–Crippen LogP) is 3.18. The number of carbonyl (C=O) groups is 1. The molecule has 5 nitrogen and oxygen atoms in total. The van der Waals surface area contributed by atoms with E-state index in [0.717, 1.165) is 23.6 Å². The predicted molar refractivity (Wildman–Crippen MR) is 112 cm³/mol. The zero-order valence-electron chi connectivity index (χ0n) is 16.0. The minimum absolute atomic E-state index is 0. The molecular formula is C20H28Cl2N4O. The Labute approximate surface area is 172 Å². The summed E-state index contributed by atoms with van der Waals surface area (Å²) in [4.78, 5) is 12.8. The third-order valence-electron chi connectivity index (χ3n) is 5.02. The van der Waals surface area contributed by atoms with E-state index in [1.807, 2.05) is 37.6 Å². The first kappa shape index (κ1) is 21.7. The van der Waals surface area contributed by atoms with Gasteiger partial charge < -0.3 is 10.6 Å². The Hall–Kier alpha value is -1.56. The lowest BCUT2D eigenvalue weighted by Gasteiger charge is -2.27. The van der Waals surface area contributed by atoms with Crippen molar-refractivity contribution in [3.05, 3.63) is 52.8 Å². The van der Waals surface area contributed by atoms with Crippen LogP contribution in [0.1, 0.15) is 30.9 Å². The van der Waals surface area contributed by atoms with E-state index < -0.39 is 0 Å². The molecule has 2 aromatic rings. The van der Waals surface area contributed by atoms with Crippen molar-refractivity contribution in [1.29, 1.82) is 0 Å². The minimum Gasteiger partial charge on any atom is -0.355 e. The molecule has 1 fully saturated rings. The number of amides is 1. The van der Waals surface area contributed by atoms with Gasteiger partial charge in [-0.3, -0.25) is 9.48 Å². The molecule has 0 bridgehead atoms. The van der Waals surface area contributed by atoms with Gasteiger partial charge in [-0.1, -0.05) is 37.6 Å². The maximum atomic E-state index is 12.8. The topological polar surface area (TPSA) is 59.0 Å². The number of nitrogens with one attached hydrogen (secondary N) is 2. The molecule has 1 aliphatic heterocycles. The van der Waals surface area contributed by atoms with Crippen molar-refractivity contribution in [2.75, 3.05) is 19.6 Å². The van der Waals surface area contributed by atoms with Gasteiger partial charge in [-0.2, -0.15) is 5.10 Å². The van der Waals surface area contributed by atoms with Crippen LogP contribution in [0.25, 0.3) is 0 Å². The summed E-state index contributed by atoms with van der Waals surface area (Å²) in [6, 6.07) is 7.92. The monoisotopic (exact) mass is 410 g/mol. The highest BCUT2D eigenvalue weighted by Gasteiger charge is 2.35. The number of halogens is 2. The molecule has 3 rings (SSSR count). The number of hydrogen-bond donors (Lipinski definition) is 2. The van der Waals surface area contributed by atoms with Crippen LogP contribution in [0.4, 0.5) is 0 Å². The number of carbonyl (C=O) groups excluding carboxylic acids is 1. The molecule has 1 aliphatic rings. The molecule has 1 aromatic carbocycles. The van der Waals surface area contributed by atoms with Gasteiger partial charge in [0.1, 0.15) is 0 Å². The first-order valence-electron chi connectivity index (χ1n) is 9.05. The van der Waals surface area contributed by atoms with Gasteiger partial charge in [0.25, 0.3) is 0 Å². The third kappa shape index (κ3) is 5.71. The Kier molecular flexibility index (Phi) is 7.32. The maximum Gasteiger partial charge on any atom is 0.225 e. The van der Waals surface area contributed by atoms with E-state index in [9.17, 15) is 4.79 Å². The van der Waals surface area contributed by atoms with Gasteiger partial charge in [0, 0.05) is 43.8 Å². The molecule has 2 N–H and O–H groups in total.